The molecule has 0 unspecified atom stereocenters. The van der Waals surface area contributed by atoms with Crippen molar-refractivity contribution in [2.75, 3.05) is 13.2 Å². The number of benzene rings is 5. The summed E-state index contributed by atoms with van der Waals surface area (Å²) < 4.78 is 88.8. The molecule has 0 saturated carbocycles. The van der Waals surface area contributed by atoms with Crippen molar-refractivity contribution in [2.24, 2.45) is 0 Å². The number of nitrogens with one attached hydrogen (secondary N) is 1. The number of fused-ring (bicyclic) bond motifs is 1. The molecule has 4 saturated heterocycles. The third-order valence-corrected chi connectivity index (χ3v) is 16.0. The molecule has 19 nitrogen and oxygen atoms in total. The Bertz CT molecular complexity index is 3060. The molecule has 1 N–H and O–H groups in total. The lowest BCUT2D eigenvalue weighted by atomic mass is 9.93. The number of hydrogen-bond acceptors (Lipinski definition) is 18. The first-order valence-corrected chi connectivity index (χ1v) is 31.5. The summed E-state index contributed by atoms with van der Waals surface area (Å²) in [5.41, 5.74) is 4.08. The highest BCUT2D eigenvalue weighted by Crippen LogP contribution is 2.42. The van der Waals surface area contributed by atoms with Gasteiger partial charge in [-0.05, 0) is 55.5 Å². The van der Waals surface area contributed by atoms with Crippen molar-refractivity contribution < 1.29 is 85.5 Å². The topological polar surface area (TPSA) is 210 Å². The number of rotatable bonds is 26. The highest BCUT2D eigenvalue weighted by molar-refractivity contribution is 6.76. The molecule has 0 aromatic heterocycles. The number of carbonyl (C=O) groups is 4. The molecular weight excluding hydrogens is 1300 g/mol. The Kier molecular flexibility index (Phi) is 25.2. The van der Waals surface area contributed by atoms with E-state index in [4.69, 9.17) is 136 Å². The second kappa shape index (κ2) is 32.5. The third-order valence-electron chi connectivity index (χ3n) is 15.1. The molecule has 0 radical (unpaired) electrons. The lowest BCUT2D eigenvalue weighted by Crippen LogP contribution is -2.72. The highest BCUT2D eigenvalue weighted by atomic mass is 35.6. The average molecular weight is 1370 g/mol. The van der Waals surface area contributed by atoms with Gasteiger partial charge in [0, 0.05) is 6.42 Å². The summed E-state index contributed by atoms with van der Waals surface area (Å²) in [4.78, 5) is 54.1. The lowest BCUT2D eigenvalue weighted by Gasteiger charge is -2.53. The minimum Gasteiger partial charge on any atom is -0.457 e. The summed E-state index contributed by atoms with van der Waals surface area (Å²) in [5, 5.41) is 2.64. The second-order valence-electron chi connectivity index (χ2n) is 22.4. The predicted octanol–water partition coefficient (Wildman–Crippen LogP) is 10.7. The molecule has 0 aliphatic carbocycles. The molecule has 4 aliphatic rings. The number of halogens is 6. The molecule has 1 amide bonds. The average Bonchev–Trinajstić information content (AvgIpc) is 0.946. The minimum atomic E-state index is -2.69. The number of ether oxygens (including phenoxy) is 14. The van der Waals surface area contributed by atoms with E-state index in [1.807, 2.05) is 152 Å². The van der Waals surface area contributed by atoms with E-state index in [9.17, 15) is 19.2 Å². The van der Waals surface area contributed by atoms with Gasteiger partial charge in [0.05, 0.1) is 58.8 Å². The van der Waals surface area contributed by atoms with Crippen LogP contribution in [0.15, 0.2) is 152 Å². The van der Waals surface area contributed by atoms with Crippen LogP contribution in [0.4, 0.5) is 0 Å². The van der Waals surface area contributed by atoms with Crippen LogP contribution in [0.25, 0.3) is 0 Å². The van der Waals surface area contributed by atoms with Gasteiger partial charge in [0.2, 0.25) is 6.29 Å². The lowest BCUT2D eigenvalue weighted by molar-refractivity contribution is -0.402. The van der Waals surface area contributed by atoms with Gasteiger partial charge in [0.1, 0.15) is 60.7 Å². The van der Waals surface area contributed by atoms with Gasteiger partial charge >= 0.3 is 11.9 Å². The van der Waals surface area contributed by atoms with Crippen molar-refractivity contribution in [2.45, 2.75) is 179 Å². The van der Waals surface area contributed by atoms with Crippen molar-refractivity contribution >= 4 is 93.2 Å². The Morgan fingerprint density at radius 1 is 0.522 bits per heavy atom. The standard InChI is InChI=1S/C65H71Cl6NO18/c1-39(73)30-31-48(74)86-53-49(72-61(75)64(66,67)68)58(84-47-38-82-63(3,4)90-52(47)53)88-57-55(50(78-33-42-22-12-6-13-23-42)40(2)83-60(57)89-62(76)65(69,70)71)87-59-56(81-36-45-28-18-9-19-29-45)54(80-35-44-26-16-8-17-27-44)51(79-34-43-24-14-7-15-25-43)46(85-59)37-77-32-41-20-10-5-11-21-41/h5-29,40,46-47,49-60H,30-38H2,1-4H3,(H,72,75)/t40-,46+,47+,49+,50-,51+,52+,53+,54-,55+,56+,57+,58-,59+,60-/m0/s1. The van der Waals surface area contributed by atoms with E-state index < -0.39 is 123 Å². The van der Waals surface area contributed by atoms with Crippen molar-refractivity contribution in [3.05, 3.63) is 179 Å². The summed E-state index contributed by atoms with van der Waals surface area (Å²) in [7, 11) is 0. The fraction of sp³-hybridized carbons (Fsp3) is 0.477. The van der Waals surface area contributed by atoms with Gasteiger partial charge in [0.15, 0.2) is 30.6 Å². The molecule has 9 rings (SSSR count). The summed E-state index contributed by atoms with van der Waals surface area (Å²) in [5.74, 6) is -5.10. The molecule has 486 valence electrons. The Labute approximate surface area is 552 Å². The Balaban J connectivity index is 1.19. The molecule has 0 spiro atoms. The molecule has 90 heavy (non-hydrogen) atoms. The van der Waals surface area contributed by atoms with E-state index in [1.165, 1.54) is 6.92 Å². The molecule has 25 heteroatoms. The van der Waals surface area contributed by atoms with E-state index in [0.29, 0.717) is 0 Å². The Morgan fingerprint density at radius 3 is 1.50 bits per heavy atom. The van der Waals surface area contributed by atoms with Crippen LogP contribution >= 0.6 is 69.6 Å². The summed E-state index contributed by atoms with van der Waals surface area (Å²) >= 11 is 37.5. The number of ketones is 1. The molecule has 0 bridgehead atoms. The van der Waals surface area contributed by atoms with Gasteiger partial charge in [-0.15, -0.1) is 0 Å². The Morgan fingerprint density at radius 2 is 1.00 bits per heavy atom. The van der Waals surface area contributed by atoms with Gasteiger partial charge in [-0.25, -0.2) is 4.79 Å². The predicted molar refractivity (Wildman–Crippen MR) is 331 cm³/mol. The first-order valence-electron chi connectivity index (χ1n) is 29.3. The van der Waals surface area contributed by atoms with E-state index in [2.05, 4.69) is 5.32 Å². The van der Waals surface area contributed by atoms with Gasteiger partial charge in [0.25, 0.3) is 13.5 Å². The number of amides is 1. The molecule has 5 aromatic carbocycles. The van der Waals surface area contributed by atoms with Gasteiger partial charge in [-0.2, -0.15) is 0 Å². The number of Topliss-reactive ketones (excluding diaryl/α,β-unsaturated/α-hetero) is 1. The van der Waals surface area contributed by atoms with Crippen LogP contribution in [-0.4, -0.2) is 142 Å². The van der Waals surface area contributed by atoms with Crippen molar-refractivity contribution in [3.8, 4) is 0 Å². The van der Waals surface area contributed by atoms with Crippen LogP contribution in [-0.2, 0) is 119 Å². The largest absolute Gasteiger partial charge is 0.457 e. The van der Waals surface area contributed by atoms with Gasteiger partial charge in [-0.3, -0.25) is 9.59 Å². The van der Waals surface area contributed by atoms with Crippen molar-refractivity contribution in [3.63, 3.8) is 0 Å². The fourth-order valence-corrected chi connectivity index (χ4v) is 11.0. The summed E-state index contributed by atoms with van der Waals surface area (Å²) in [6.07, 6.45) is -19.6. The van der Waals surface area contributed by atoms with Crippen molar-refractivity contribution in [1.82, 2.24) is 5.32 Å². The number of carbonyl (C=O) groups excluding carboxylic acids is 4. The quantitative estimate of drug-likeness (QED) is 0.0403. The maximum absolute atomic E-state index is 14.1. The monoisotopic (exact) mass is 1360 g/mol. The summed E-state index contributed by atoms with van der Waals surface area (Å²) in [6, 6.07) is 45.7. The Hall–Kier alpha value is -4.56. The zero-order valence-corrected chi connectivity index (χ0v) is 54.1. The summed E-state index contributed by atoms with van der Waals surface area (Å²) in [6.45, 7) is 6.24. The molecular formula is C65H71Cl6NO18. The van der Waals surface area contributed by atoms with E-state index >= 15 is 0 Å². The molecule has 4 aliphatic heterocycles. The van der Waals surface area contributed by atoms with Crippen LogP contribution in [0.2, 0.25) is 0 Å². The van der Waals surface area contributed by atoms with Gasteiger partial charge < -0.3 is 76.4 Å². The number of esters is 2. The van der Waals surface area contributed by atoms with Crippen molar-refractivity contribution in [1.29, 1.82) is 0 Å². The normalized spacial score (nSPS) is 28.4. The number of hydrogen-bond donors (Lipinski definition) is 1. The first-order chi connectivity index (χ1) is 43.1. The van der Waals surface area contributed by atoms with Gasteiger partial charge in [-0.1, -0.05) is 221 Å². The smallest absolute Gasteiger partial charge is 0.360 e. The van der Waals surface area contributed by atoms with Crippen LogP contribution in [0, 0.1) is 0 Å². The van der Waals surface area contributed by atoms with Crippen LogP contribution in [0.1, 0.15) is 68.4 Å². The van der Waals surface area contributed by atoms with Crippen LogP contribution < -0.4 is 5.32 Å². The first kappa shape index (κ1) is 69.8. The SMILES string of the molecule is CC(=O)CCC(=O)O[C@@H]1[C@@H](NC(=O)C(Cl)(Cl)Cl)[C@H](O[C@H]2[C@H](OC(=O)C(Cl)(Cl)Cl)O[C@@H](C)[C@H](OCc3ccccc3)[C@H]2O[C@H]2O[C@H](COCc3ccccc3)[C@@H](OCc3ccccc3)[C@H](OCc3ccccc3)[C@H]2OCc2ccccc2)O[C@@H]2COC(C)(C)O[C@@H]12. The van der Waals surface area contributed by atoms with Crippen LogP contribution in [0.5, 0.6) is 0 Å². The van der Waals surface area contributed by atoms with Crippen LogP contribution in [0.3, 0.4) is 0 Å². The maximum Gasteiger partial charge on any atom is 0.360 e. The molecule has 4 heterocycles. The van der Waals surface area contributed by atoms with E-state index in [1.54, 1.807) is 20.8 Å². The van der Waals surface area contributed by atoms with E-state index in [-0.39, 0.29) is 64.9 Å². The maximum atomic E-state index is 14.1. The molecule has 5 aromatic rings. The minimum absolute atomic E-state index is 0.00143. The zero-order chi connectivity index (χ0) is 64.0. The second-order valence-corrected chi connectivity index (χ2v) is 27.0. The zero-order valence-electron chi connectivity index (χ0n) is 49.6. The molecule has 15 atom stereocenters. The third kappa shape index (κ3) is 19.8. The number of alkyl halides is 6. The molecule has 4 fully saturated rings. The fourth-order valence-electron chi connectivity index (χ4n) is 10.7. The highest BCUT2D eigenvalue weighted by Gasteiger charge is 2.60. The van der Waals surface area contributed by atoms with E-state index in [0.717, 1.165) is 27.8 Å².